The van der Waals surface area contributed by atoms with Gasteiger partial charge in [-0.2, -0.15) is 0 Å². The quantitative estimate of drug-likeness (QED) is 0.242. The molecule has 0 fully saturated rings. The number of anilines is 2. The van der Waals surface area contributed by atoms with Gasteiger partial charge in [-0.15, -0.1) is 0 Å². The van der Waals surface area contributed by atoms with Crippen molar-refractivity contribution in [2.75, 3.05) is 23.8 Å². The highest BCUT2D eigenvalue weighted by Gasteiger charge is 2.04. The summed E-state index contributed by atoms with van der Waals surface area (Å²) in [6, 6.07) is 38.0. The fourth-order valence-corrected chi connectivity index (χ4v) is 3.87. The minimum atomic E-state index is 0.712. The van der Waals surface area contributed by atoms with Crippen LogP contribution in [0.4, 0.5) is 11.4 Å². The van der Waals surface area contributed by atoms with Gasteiger partial charge < -0.3 is 15.4 Å². The lowest BCUT2D eigenvalue weighted by atomic mass is 10.1. The second-order valence-corrected chi connectivity index (χ2v) is 8.10. The molecule has 0 atom stereocenters. The lowest BCUT2D eigenvalue weighted by Gasteiger charge is -2.14. The fraction of sp³-hybridized carbons (Fsp3) is 0.200. The number of hydrogen-bond acceptors (Lipinski definition) is 3. The van der Waals surface area contributed by atoms with E-state index in [0.29, 0.717) is 13.2 Å². The minimum Gasteiger partial charge on any atom is -0.381 e. The number of hydrogen-bond donors (Lipinski definition) is 2. The van der Waals surface area contributed by atoms with Crippen LogP contribution in [-0.4, -0.2) is 13.2 Å². The maximum Gasteiger partial charge on any atom is 0.0507 e. The molecule has 0 aromatic heterocycles. The van der Waals surface area contributed by atoms with Gasteiger partial charge in [-0.25, -0.2) is 0 Å². The van der Waals surface area contributed by atoms with E-state index in [1.165, 1.54) is 33.6 Å². The molecule has 4 aromatic rings. The third-order valence-corrected chi connectivity index (χ3v) is 5.72. The highest BCUT2D eigenvalue weighted by molar-refractivity contribution is 5.52. The van der Waals surface area contributed by atoms with Crippen LogP contribution in [0.2, 0.25) is 0 Å². The van der Waals surface area contributed by atoms with E-state index in [1.54, 1.807) is 0 Å². The highest BCUT2D eigenvalue weighted by atomic mass is 16.5. The molecule has 0 saturated carbocycles. The number of rotatable bonds is 12. The molecule has 168 valence electrons. The van der Waals surface area contributed by atoms with Crippen molar-refractivity contribution < 1.29 is 4.74 Å². The summed E-state index contributed by atoms with van der Waals surface area (Å²) in [6.07, 6.45) is 1.79. The van der Waals surface area contributed by atoms with Crippen LogP contribution in [0, 0.1) is 0 Å². The van der Waals surface area contributed by atoms with E-state index >= 15 is 0 Å². The van der Waals surface area contributed by atoms with E-state index in [4.69, 9.17) is 4.74 Å². The largest absolute Gasteiger partial charge is 0.381 e. The Kier molecular flexibility index (Phi) is 8.55. The van der Waals surface area contributed by atoms with Crippen LogP contribution >= 0.6 is 0 Å². The van der Waals surface area contributed by atoms with E-state index in [2.05, 4.69) is 108 Å². The van der Waals surface area contributed by atoms with Crippen molar-refractivity contribution in [3.8, 4) is 0 Å². The Hall–Kier alpha value is -3.56. The van der Waals surface area contributed by atoms with Gasteiger partial charge in [0.15, 0.2) is 0 Å². The van der Waals surface area contributed by atoms with Crippen LogP contribution in [0.25, 0.3) is 0 Å². The Labute approximate surface area is 197 Å². The topological polar surface area (TPSA) is 33.3 Å². The van der Waals surface area contributed by atoms with Crippen LogP contribution in [0.1, 0.15) is 22.3 Å². The van der Waals surface area contributed by atoms with Crippen molar-refractivity contribution in [1.82, 2.24) is 0 Å². The van der Waals surface area contributed by atoms with Crippen molar-refractivity contribution in [3.63, 3.8) is 0 Å². The normalized spacial score (nSPS) is 10.7. The standard InChI is InChI=1S/C30H32N2O/c1-3-11-25(12-4-1)23-31-29-17-9-7-15-27(29)19-21-33-22-20-28-16-8-10-18-30(28)32-24-26-13-5-2-6-14-26/h1-18,31-32H,19-24H2. The summed E-state index contributed by atoms with van der Waals surface area (Å²) in [5.74, 6) is 0. The van der Waals surface area contributed by atoms with E-state index in [1.807, 2.05) is 12.1 Å². The molecule has 0 aliphatic rings. The molecule has 0 aliphatic heterocycles. The van der Waals surface area contributed by atoms with Gasteiger partial charge in [-0.3, -0.25) is 0 Å². The summed E-state index contributed by atoms with van der Waals surface area (Å²) in [7, 11) is 0. The fourth-order valence-electron chi connectivity index (χ4n) is 3.87. The Balaban J connectivity index is 1.23. The molecule has 4 rings (SSSR count). The molecule has 33 heavy (non-hydrogen) atoms. The average molecular weight is 437 g/mol. The first-order valence-corrected chi connectivity index (χ1v) is 11.7. The van der Waals surface area contributed by atoms with Crippen molar-refractivity contribution in [2.45, 2.75) is 25.9 Å². The second kappa shape index (κ2) is 12.5. The molecule has 0 heterocycles. The van der Waals surface area contributed by atoms with E-state index in [9.17, 15) is 0 Å². The van der Waals surface area contributed by atoms with E-state index < -0.39 is 0 Å². The van der Waals surface area contributed by atoms with Crippen molar-refractivity contribution >= 4 is 11.4 Å². The van der Waals surface area contributed by atoms with Crippen LogP contribution in [0.3, 0.4) is 0 Å². The van der Waals surface area contributed by atoms with Crippen LogP contribution < -0.4 is 10.6 Å². The molecular weight excluding hydrogens is 404 g/mol. The van der Waals surface area contributed by atoms with Crippen molar-refractivity contribution in [1.29, 1.82) is 0 Å². The molecule has 4 aromatic carbocycles. The molecule has 0 radical (unpaired) electrons. The molecule has 0 saturated heterocycles. The molecular formula is C30H32N2O. The number of para-hydroxylation sites is 2. The molecule has 0 aliphatic carbocycles. The first-order valence-electron chi connectivity index (χ1n) is 11.7. The number of nitrogens with one attached hydrogen (secondary N) is 2. The van der Waals surface area contributed by atoms with Gasteiger partial charge in [-0.05, 0) is 47.2 Å². The van der Waals surface area contributed by atoms with E-state index in [0.717, 1.165) is 25.9 Å². The van der Waals surface area contributed by atoms with Crippen LogP contribution in [-0.2, 0) is 30.7 Å². The third kappa shape index (κ3) is 7.23. The van der Waals surface area contributed by atoms with Crippen LogP contribution in [0.5, 0.6) is 0 Å². The zero-order valence-corrected chi connectivity index (χ0v) is 19.0. The summed E-state index contributed by atoms with van der Waals surface area (Å²) in [5, 5.41) is 7.13. The smallest absolute Gasteiger partial charge is 0.0507 e. The summed E-state index contributed by atoms with van der Waals surface area (Å²) in [6.45, 7) is 3.07. The Bertz CT molecular complexity index is 1010. The van der Waals surface area contributed by atoms with Gasteiger partial charge in [0.25, 0.3) is 0 Å². The first-order chi connectivity index (χ1) is 16.4. The maximum atomic E-state index is 6.02. The highest BCUT2D eigenvalue weighted by Crippen LogP contribution is 2.19. The summed E-state index contributed by atoms with van der Waals surface area (Å²) in [5.41, 5.74) is 7.50. The van der Waals surface area contributed by atoms with Gasteiger partial charge >= 0.3 is 0 Å². The summed E-state index contributed by atoms with van der Waals surface area (Å²) in [4.78, 5) is 0. The third-order valence-electron chi connectivity index (χ3n) is 5.72. The molecule has 0 unspecified atom stereocenters. The average Bonchev–Trinajstić information content (AvgIpc) is 2.88. The Morgan fingerprint density at radius 1 is 0.455 bits per heavy atom. The molecule has 3 heteroatoms. The number of ether oxygens (including phenoxy) is 1. The van der Waals surface area contributed by atoms with Gasteiger partial charge in [0.05, 0.1) is 13.2 Å². The van der Waals surface area contributed by atoms with Gasteiger partial charge in [0.2, 0.25) is 0 Å². The molecule has 0 amide bonds. The van der Waals surface area contributed by atoms with Crippen molar-refractivity contribution in [3.05, 3.63) is 131 Å². The molecule has 2 N–H and O–H groups in total. The molecule has 0 spiro atoms. The second-order valence-electron chi connectivity index (χ2n) is 8.10. The van der Waals surface area contributed by atoms with Gasteiger partial charge in [0.1, 0.15) is 0 Å². The lowest BCUT2D eigenvalue weighted by molar-refractivity contribution is 0.140. The Morgan fingerprint density at radius 3 is 1.30 bits per heavy atom. The van der Waals surface area contributed by atoms with Crippen LogP contribution in [0.15, 0.2) is 109 Å². The number of benzene rings is 4. The predicted molar refractivity (Wildman–Crippen MR) is 139 cm³/mol. The monoisotopic (exact) mass is 436 g/mol. The predicted octanol–water partition coefficient (Wildman–Crippen LogP) is 6.71. The first kappa shape index (κ1) is 22.6. The minimum absolute atomic E-state index is 0.712. The zero-order valence-electron chi connectivity index (χ0n) is 19.0. The molecule has 0 bridgehead atoms. The van der Waals surface area contributed by atoms with E-state index in [-0.39, 0.29) is 0 Å². The molecule has 3 nitrogen and oxygen atoms in total. The summed E-state index contributed by atoms with van der Waals surface area (Å²) < 4.78 is 6.02. The van der Waals surface area contributed by atoms with Gasteiger partial charge in [0, 0.05) is 24.5 Å². The van der Waals surface area contributed by atoms with Gasteiger partial charge in [-0.1, -0.05) is 97.1 Å². The summed E-state index contributed by atoms with van der Waals surface area (Å²) >= 11 is 0. The van der Waals surface area contributed by atoms with Crippen molar-refractivity contribution in [2.24, 2.45) is 0 Å². The SMILES string of the molecule is c1ccc(CNc2ccccc2CCOCCc2ccccc2NCc2ccccc2)cc1. The zero-order chi connectivity index (χ0) is 22.6. The maximum absolute atomic E-state index is 6.02. The lowest BCUT2D eigenvalue weighted by Crippen LogP contribution is -2.08. The Morgan fingerprint density at radius 2 is 0.848 bits per heavy atom.